The van der Waals surface area contributed by atoms with E-state index in [1.807, 2.05) is 0 Å². The van der Waals surface area contributed by atoms with Crippen LogP contribution < -0.4 is 10.6 Å². The Balaban J connectivity index is 0.00000264. The van der Waals surface area contributed by atoms with Crippen molar-refractivity contribution in [3.8, 4) is 0 Å². The number of hydrogen-bond donors (Lipinski definition) is 2. The number of halogens is 1. The van der Waals surface area contributed by atoms with E-state index in [1.165, 1.54) is 11.1 Å². The van der Waals surface area contributed by atoms with Crippen LogP contribution in [0.4, 0.5) is 0 Å². The molecule has 1 amide bonds. The third-order valence-electron chi connectivity index (χ3n) is 4.64. The van der Waals surface area contributed by atoms with Crippen LogP contribution in [0.2, 0.25) is 0 Å². The zero-order chi connectivity index (χ0) is 16.1. The highest BCUT2D eigenvalue weighted by molar-refractivity contribution is 5.85. The third kappa shape index (κ3) is 5.50. The van der Waals surface area contributed by atoms with Crippen molar-refractivity contribution in [1.29, 1.82) is 0 Å². The fourth-order valence-electron chi connectivity index (χ4n) is 3.08. The van der Waals surface area contributed by atoms with Gasteiger partial charge in [0.25, 0.3) is 0 Å². The number of carbonyl (C=O) groups excluding carboxylic acids is 1. The Hall–Kier alpha value is -1.06. The maximum absolute atomic E-state index is 12.5. The predicted octanol–water partition coefficient (Wildman–Crippen LogP) is 4.04. The maximum atomic E-state index is 12.5. The molecule has 0 saturated carbocycles. The van der Waals surface area contributed by atoms with Gasteiger partial charge in [-0.2, -0.15) is 0 Å². The lowest BCUT2D eigenvalue weighted by atomic mass is 9.91. The second-order valence-corrected chi connectivity index (χ2v) is 7.08. The Labute approximate surface area is 147 Å². The van der Waals surface area contributed by atoms with Gasteiger partial charge in [0.1, 0.15) is 0 Å². The lowest BCUT2D eigenvalue weighted by Crippen LogP contribution is -2.40. The molecule has 0 aromatic heterocycles. The maximum Gasteiger partial charge on any atom is 0.223 e. The standard InChI is InChI=1S/C19H30N2O.ClH/c1-13(2)15-5-7-16(8-6-15)18(14(3)4)21-19(22)17-9-11-20-12-10-17;/h5-8,13-14,17-18,20H,9-12H2,1-4H3,(H,21,22);1H. The monoisotopic (exact) mass is 338 g/mol. The Morgan fingerprint density at radius 1 is 1.04 bits per heavy atom. The van der Waals surface area contributed by atoms with Gasteiger partial charge in [0.2, 0.25) is 5.91 Å². The highest BCUT2D eigenvalue weighted by Crippen LogP contribution is 2.25. The molecule has 0 spiro atoms. The second-order valence-electron chi connectivity index (χ2n) is 7.08. The van der Waals surface area contributed by atoms with Crippen LogP contribution in [0, 0.1) is 11.8 Å². The molecule has 0 aliphatic carbocycles. The first-order valence-corrected chi connectivity index (χ1v) is 8.60. The van der Waals surface area contributed by atoms with Crippen LogP contribution in [0.25, 0.3) is 0 Å². The molecule has 1 atom stereocenters. The lowest BCUT2D eigenvalue weighted by molar-refractivity contribution is -0.126. The van der Waals surface area contributed by atoms with Gasteiger partial charge in [-0.25, -0.2) is 0 Å². The minimum Gasteiger partial charge on any atom is -0.349 e. The van der Waals surface area contributed by atoms with E-state index in [9.17, 15) is 4.79 Å². The van der Waals surface area contributed by atoms with Crippen LogP contribution >= 0.6 is 12.4 Å². The van der Waals surface area contributed by atoms with Gasteiger partial charge in [0.15, 0.2) is 0 Å². The molecule has 0 radical (unpaired) electrons. The van der Waals surface area contributed by atoms with Gasteiger partial charge in [0, 0.05) is 5.92 Å². The molecule has 130 valence electrons. The average Bonchev–Trinajstić information content (AvgIpc) is 2.53. The molecule has 3 nitrogen and oxygen atoms in total. The molecule has 1 saturated heterocycles. The summed E-state index contributed by atoms with van der Waals surface area (Å²) in [5, 5.41) is 6.60. The van der Waals surface area contributed by atoms with E-state index in [-0.39, 0.29) is 30.3 Å². The van der Waals surface area contributed by atoms with Crippen LogP contribution in [0.5, 0.6) is 0 Å². The first kappa shape index (κ1) is 20.0. The number of amides is 1. The van der Waals surface area contributed by atoms with Crippen molar-refractivity contribution >= 4 is 18.3 Å². The van der Waals surface area contributed by atoms with Gasteiger partial charge in [-0.3, -0.25) is 4.79 Å². The number of carbonyl (C=O) groups is 1. The van der Waals surface area contributed by atoms with Gasteiger partial charge in [0.05, 0.1) is 6.04 Å². The van der Waals surface area contributed by atoms with Gasteiger partial charge < -0.3 is 10.6 Å². The smallest absolute Gasteiger partial charge is 0.223 e. The largest absolute Gasteiger partial charge is 0.349 e. The summed E-state index contributed by atoms with van der Waals surface area (Å²) in [6.45, 7) is 10.6. The lowest BCUT2D eigenvalue weighted by Gasteiger charge is -2.28. The third-order valence-corrected chi connectivity index (χ3v) is 4.64. The molecule has 23 heavy (non-hydrogen) atoms. The van der Waals surface area contributed by atoms with Crippen molar-refractivity contribution in [3.05, 3.63) is 35.4 Å². The van der Waals surface area contributed by atoms with Crippen LogP contribution in [0.15, 0.2) is 24.3 Å². The number of piperidine rings is 1. The van der Waals surface area contributed by atoms with Crippen molar-refractivity contribution in [2.75, 3.05) is 13.1 Å². The van der Waals surface area contributed by atoms with Gasteiger partial charge >= 0.3 is 0 Å². The van der Waals surface area contributed by atoms with Crippen LogP contribution in [-0.4, -0.2) is 19.0 Å². The summed E-state index contributed by atoms with van der Waals surface area (Å²) in [4.78, 5) is 12.5. The molecule has 1 aliphatic heterocycles. The van der Waals surface area contributed by atoms with Crippen LogP contribution in [-0.2, 0) is 4.79 Å². The molecule has 1 heterocycles. The second kappa shape index (κ2) is 9.29. The van der Waals surface area contributed by atoms with E-state index >= 15 is 0 Å². The zero-order valence-corrected chi connectivity index (χ0v) is 15.6. The summed E-state index contributed by atoms with van der Waals surface area (Å²) in [5.41, 5.74) is 2.55. The molecular weight excluding hydrogens is 308 g/mol. The molecule has 1 unspecified atom stereocenters. The van der Waals surface area contributed by atoms with Crippen LogP contribution in [0.1, 0.15) is 63.6 Å². The molecule has 1 aromatic rings. The number of hydrogen-bond acceptors (Lipinski definition) is 2. The van der Waals surface area contributed by atoms with E-state index in [4.69, 9.17) is 0 Å². The van der Waals surface area contributed by atoms with E-state index in [1.54, 1.807) is 0 Å². The highest BCUT2D eigenvalue weighted by Gasteiger charge is 2.25. The summed E-state index contributed by atoms with van der Waals surface area (Å²) in [7, 11) is 0. The van der Waals surface area contributed by atoms with E-state index in [0.717, 1.165) is 25.9 Å². The average molecular weight is 339 g/mol. The van der Waals surface area contributed by atoms with Crippen molar-refractivity contribution in [2.24, 2.45) is 11.8 Å². The predicted molar refractivity (Wildman–Crippen MR) is 99.1 cm³/mol. The number of benzene rings is 1. The Morgan fingerprint density at radius 2 is 1.57 bits per heavy atom. The van der Waals surface area contributed by atoms with E-state index < -0.39 is 0 Å². The normalized spacial score (nSPS) is 17.0. The molecular formula is C19H31ClN2O. The summed E-state index contributed by atoms with van der Waals surface area (Å²) in [6.07, 6.45) is 1.89. The molecule has 4 heteroatoms. The quantitative estimate of drug-likeness (QED) is 0.850. The molecule has 0 bridgehead atoms. The van der Waals surface area contributed by atoms with Crippen LogP contribution in [0.3, 0.4) is 0 Å². The Morgan fingerprint density at radius 3 is 2.04 bits per heavy atom. The van der Waals surface area contributed by atoms with Crippen molar-refractivity contribution < 1.29 is 4.79 Å². The van der Waals surface area contributed by atoms with Gasteiger partial charge in [-0.15, -0.1) is 12.4 Å². The Bertz CT molecular complexity index is 479. The minimum absolute atomic E-state index is 0. The zero-order valence-electron chi connectivity index (χ0n) is 14.8. The molecule has 1 fully saturated rings. The topological polar surface area (TPSA) is 41.1 Å². The molecule has 2 rings (SSSR count). The Kier molecular flexibility index (Phi) is 8.07. The highest BCUT2D eigenvalue weighted by atomic mass is 35.5. The first-order valence-electron chi connectivity index (χ1n) is 8.60. The summed E-state index contributed by atoms with van der Waals surface area (Å²) < 4.78 is 0. The summed E-state index contributed by atoms with van der Waals surface area (Å²) in [5.74, 6) is 1.30. The molecule has 1 aromatic carbocycles. The summed E-state index contributed by atoms with van der Waals surface area (Å²) in [6, 6.07) is 8.81. The SMILES string of the molecule is CC(C)c1ccc(C(NC(=O)C2CCNCC2)C(C)C)cc1.Cl. The number of rotatable bonds is 5. The fourth-order valence-corrected chi connectivity index (χ4v) is 3.08. The van der Waals surface area contributed by atoms with Crippen molar-refractivity contribution in [2.45, 2.75) is 52.5 Å². The first-order chi connectivity index (χ1) is 10.5. The van der Waals surface area contributed by atoms with Gasteiger partial charge in [-0.05, 0) is 48.9 Å². The van der Waals surface area contributed by atoms with E-state index in [2.05, 4.69) is 62.6 Å². The molecule has 2 N–H and O–H groups in total. The van der Waals surface area contributed by atoms with Gasteiger partial charge in [-0.1, -0.05) is 52.0 Å². The summed E-state index contributed by atoms with van der Waals surface area (Å²) >= 11 is 0. The fraction of sp³-hybridized carbons (Fsp3) is 0.632. The van der Waals surface area contributed by atoms with Crippen molar-refractivity contribution in [1.82, 2.24) is 10.6 Å². The number of nitrogens with one attached hydrogen (secondary N) is 2. The van der Waals surface area contributed by atoms with E-state index in [0.29, 0.717) is 11.8 Å². The van der Waals surface area contributed by atoms with Crippen molar-refractivity contribution in [3.63, 3.8) is 0 Å². The molecule has 1 aliphatic rings. The minimum atomic E-state index is 0.